The molecule has 0 spiro atoms. The summed E-state index contributed by atoms with van der Waals surface area (Å²) in [6.45, 7) is 6.52. The third-order valence-electron chi connectivity index (χ3n) is 3.23. The molecule has 0 aliphatic heterocycles. The van der Waals surface area contributed by atoms with Crippen LogP contribution in [0.25, 0.3) is 10.9 Å². The molecule has 1 nitrogen and oxygen atoms in total. The van der Waals surface area contributed by atoms with E-state index in [1.165, 1.54) is 22.2 Å². The van der Waals surface area contributed by atoms with E-state index in [0.717, 1.165) is 29.8 Å². The summed E-state index contributed by atoms with van der Waals surface area (Å²) in [6.07, 6.45) is 3.29. The summed E-state index contributed by atoms with van der Waals surface area (Å²) in [7, 11) is 0. The summed E-state index contributed by atoms with van der Waals surface area (Å²) in [5.74, 6) is 0. The fourth-order valence-corrected chi connectivity index (χ4v) is 2.63. The second-order valence-corrected chi connectivity index (χ2v) is 4.86. The Hall–Kier alpha value is -1.08. The fraction of sp³-hybridized carbons (Fsp3) is 0.400. The second kappa shape index (κ2) is 5.05. The van der Waals surface area contributed by atoms with Gasteiger partial charge in [-0.3, -0.25) is 4.98 Å². The van der Waals surface area contributed by atoms with Gasteiger partial charge in [-0.1, -0.05) is 31.9 Å². The van der Waals surface area contributed by atoms with E-state index in [0.29, 0.717) is 0 Å². The van der Waals surface area contributed by atoms with Gasteiger partial charge in [-0.25, -0.2) is 0 Å². The van der Waals surface area contributed by atoms with Crippen LogP contribution >= 0.6 is 11.6 Å². The van der Waals surface area contributed by atoms with Crippen molar-refractivity contribution in [2.45, 2.75) is 40.0 Å². The molecule has 0 fully saturated rings. The number of pyridine rings is 1. The zero-order valence-corrected chi connectivity index (χ0v) is 11.4. The van der Waals surface area contributed by atoms with Crippen molar-refractivity contribution in [3.05, 3.63) is 40.0 Å². The molecule has 0 unspecified atom stereocenters. The molecule has 1 heterocycles. The monoisotopic (exact) mass is 247 g/mol. The van der Waals surface area contributed by atoms with Crippen molar-refractivity contribution < 1.29 is 0 Å². The predicted molar refractivity (Wildman–Crippen MR) is 74.9 cm³/mol. The third-order valence-corrected chi connectivity index (χ3v) is 3.46. The molecular weight excluding hydrogens is 230 g/mol. The van der Waals surface area contributed by atoms with Gasteiger partial charge in [0.15, 0.2) is 0 Å². The first-order valence-electron chi connectivity index (χ1n) is 6.25. The van der Waals surface area contributed by atoms with Crippen LogP contribution in [0.2, 0.25) is 5.02 Å². The van der Waals surface area contributed by atoms with E-state index in [1.807, 2.05) is 18.2 Å². The maximum Gasteiger partial charge on any atom is 0.0709 e. The molecule has 0 N–H and O–H groups in total. The molecule has 90 valence electrons. The van der Waals surface area contributed by atoms with Crippen LogP contribution in [0.3, 0.4) is 0 Å². The Labute approximate surface area is 108 Å². The van der Waals surface area contributed by atoms with Crippen molar-refractivity contribution in [1.29, 1.82) is 0 Å². The molecule has 0 amide bonds. The van der Waals surface area contributed by atoms with Crippen LogP contribution in [0.4, 0.5) is 0 Å². The van der Waals surface area contributed by atoms with E-state index in [1.54, 1.807) is 0 Å². The molecule has 17 heavy (non-hydrogen) atoms. The summed E-state index contributed by atoms with van der Waals surface area (Å²) in [6, 6.07) is 5.97. The van der Waals surface area contributed by atoms with Crippen LogP contribution in [0.1, 0.15) is 37.1 Å². The highest BCUT2D eigenvalue weighted by atomic mass is 35.5. The highest BCUT2D eigenvalue weighted by molar-refractivity contribution is 6.31. The minimum Gasteiger partial charge on any atom is -0.253 e. The molecule has 0 atom stereocenters. The molecule has 2 aromatic rings. The zero-order valence-electron chi connectivity index (χ0n) is 10.7. The summed E-state index contributed by atoms with van der Waals surface area (Å²) >= 11 is 6.09. The number of halogens is 1. The number of hydrogen-bond donors (Lipinski definition) is 0. The quantitative estimate of drug-likeness (QED) is 0.765. The summed E-state index contributed by atoms with van der Waals surface area (Å²) in [5, 5.41) is 2.01. The number of rotatable bonds is 3. The average Bonchev–Trinajstić information content (AvgIpc) is 2.31. The summed E-state index contributed by atoms with van der Waals surface area (Å²) < 4.78 is 0. The van der Waals surface area contributed by atoms with Crippen molar-refractivity contribution in [2.24, 2.45) is 0 Å². The van der Waals surface area contributed by atoms with Crippen molar-refractivity contribution in [3.63, 3.8) is 0 Å². The van der Waals surface area contributed by atoms with Gasteiger partial charge in [0.1, 0.15) is 0 Å². The smallest absolute Gasteiger partial charge is 0.0709 e. The van der Waals surface area contributed by atoms with Crippen LogP contribution in [0.5, 0.6) is 0 Å². The Kier molecular flexibility index (Phi) is 3.68. The number of benzene rings is 1. The number of fused-ring (bicyclic) bond motifs is 1. The van der Waals surface area contributed by atoms with Gasteiger partial charge in [0.05, 0.1) is 5.52 Å². The standard InChI is InChI=1S/C15H18ClN/c1-4-6-13-10(3)17-15-8-7-11(16)9-14(15)12(13)5-2/h7-9H,4-6H2,1-3H3. The van der Waals surface area contributed by atoms with Crippen molar-refractivity contribution in [3.8, 4) is 0 Å². The fourth-order valence-electron chi connectivity index (χ4n) is 2.46. The van der Waals surface area contributed by atoms with Gasteiger partial charge in [-0.05, 0) is 49.1 Å². The first-order chi connectivity index (χ1) is 8.17. The van der Waals surface area contributed by atoms with E-state index < -0.39 is 0 Å². The SMILES string of the molecule is CCCc1c(C)nc2ccc(Cl)cc2c1CC. The molecule has 2 heteroatoms. The maximum atomic E-state index is 6.09. The van der Waals surface area contributed by atoms with E-state index >= 15 is 0 Å². The maximum absolute atomic E-state index is 6.09. The van der Waals surface area contributed by atoms with Crippen LogP contribution < -0.4 is 0 Å². The van der Waals surface area contributed by atoms with E-state index in [4.69, 9.17) is 11.6 Å². The van der Waals surface area contributed by atoms with Crippen molar-refractivity contribution in [1.82, 2.24) is 4.98 Å². The lowest BCUT2D eigenvalue weighted by atomic mass is 9.96. The first kappa shape index (κ1) is 12.4. The number of aryl methyl sites for hydroxylation is 2. The van der Waals surface area contributed by atoms with Gasteiger partial charge in [0, 0.05) is 16.1 Å². The van der Waals surface area contributed by atoms with E-state index in [9.17, 15) is 0 Å². The topological polar surface area (TPSA) is 12.9 Å². The Morgan fingerprint density at radius 2 is 1.94 bits per heavy atom. The summed E-state index contributed by atoms with van der Waals surface area (Å²) in [4.78, 5) is 4.69. The Morgan fingerprint density at radius 3 is 2.59 bits per heavy atom. The largest absolute Gasteiger partial charge is 0.253 e. The highest BCUT2D eigenvalue weighted by Crippen LogP contribution is 2.27. The number of hydrogen-bond acceptors (Lipinski definition) is 1. The van der Waals surface area contributed by atoms with Crippen molar-refractivity contribution in [2.75, 3.05) is 0 Å². The Balaban J connectivity index is 2.77. The second-order valence-electron chi connectivity index (χ2n) is 4.42. The van der Waals surface area contributed by atoms with Crippen LogP contribution in [0, 0.1) is 6.92 Å². The lowest BCUT2D eigenvalue weighted by molar-refractivity contribution is 0.882. The molecule has 0 bridgehead atoms. The van der Waals surface area contributed by atoms with E-state index in [2.05, 4.69) is 25.8 Å². The molecule has 2 rings (SSSR count). The Bertz CT molecular complexity index is 546. The molecule has 0 saturated heterocycles. The number of aromatic nitrogens is 1. The predicted octanol–water partition coefficient (Wildman–Crippen LogP) is 4.71. The Morgan fingerprint density at radius 1 is 1.18 bits per heavy atom. The van der Waals surface area contributed by atoms with E-state index in [-0.39, 0.29) is 0 Å². The van der Waals surface area contributed by atoms with Crippen LogP contribution in [-0.4, -0.2) is 4.98 Å². The van der Waals surface area contributed by atoms with Crippen LogP contribution in [-0.2, 0) is 12.8 Å². The van der Waals surface area contributed by atoms with Gasteiger partial charge in [-0.15, -0.1) is 0 Å². The van der Waals surface area contributed by atoms with Gasteiger partial charge in [0.2, 0.25) is 0 Å². The molecular formula is C15H18ClN. The van der Waals surface area contributed by atoms with Gasteiger partial charge >= 0.3 is 0 Å². The van der Waals surface area contributed by atoms with Gasteiger partial charge in [0.25, 0.3) is 0 Å². The lowest BCUT2D eigenvalue weighted by Crippen LogP contribution is -2.01. The molecule has 0 radical (unpaired) electrons. The van der Waals surface area contributed by atoms with Gasteiger partial charge < -0.3 is 0 Å². The van der Waals surface area contributed by atoms with Crippen molar-refractivity contribution >= 4 is 22.5 Å². The molecule has 0 aliphatic carbocycles. The zero-order chi connectivity index (χ0) is 12.4. The first-order valence-corrected chi connectivity index (χ1v) is 6.62. The average molecular weight is 248 g/mol. The highest BCUT2D eigenvalue weighted by Gasteiger charge is 2.10. The minimum absolute atomic E-state index is 0.792. The normalized spacial score (nSPS) is 11.1. The number of nitrogens with zero attached hydrogens (tertiary/aromatic N) is 1. The minimum atomic E-state index is 0.792. The molecule has 0 aliphatic rings. The lowest BCUT2D eigenvalue weighted by Gasteiger charge is -2.14. The van der Waals surface area contributed by atoms with Gasteiger partial charge in [-0.2, -0.15) is 0 Å². The third kappa shape index (κ3) is 2.30. The molecule has 1 aromatic heterocycles. The molecule has 0 saturated carbocycles. The van der Waals surface area contributed by atoms with Crippen LogP contribution in [0.15, 0.2) is 18.2 Å². The molecule has 1 aromatic carbocycles. The summed E-state index contributed by atoms with van der Waals surface area (Å²) in [5.41, 5.74) is 5.05.